The van der Waals surface area contributed by atoms with E-state index >= 15 is 0 Å². The maximum absolute atomic E-state index is 11.9. The van der Waals surface area contributed by atoms with Gasteiger partial charge >= 0.3 is 5.63 Å². The molecule has 3 aromatic rings. The van der Waals surface area contributed by atoms with Crippen LogP contribution >= 0.6 is 0 Å². The lowest BCUT2D eigenvalue weighted by Gasteiger charge is -2.13. The average molecular weight is 386 g/mol. The number of sulfone groups is 1. The summed E-state index contributed by atoms with van der Waals surface area (Å²) in [5.74, 6) is 0.761. The third-order valence-corrected chi connectivity index (χ3v) is 5.58. The summed E-state index contributed by atoms with van der Waals surface area (Å²) in [5.41, 5.74) is 3.03. The first-order valence-corrected chi connectivity index (χ1v) is 10.5. The second-order valence-corrected chi connectivity index (χ2v) is 9.00. The standard InChI is InChI=1S/C21H22O5S/c1-13(2)18-11-19-15(9-21(22)26-20(19)8-14(18)3)12-25-16-6-5-7-17(10-16)27(4,23)24/h5-11,13H,12H2,1-4H3. The molecule has 0 atom stereocenters. The lowest BCUT2D eigenvalue weighted by Crippen LogP contribution is -2.05. The third-order valence-electron chi connectivity index (χ3n) is 4.47. The van der Waals surface area contributed by atoms with Gasteiger partial charge < -0.3 is 9.15 Å². The number of ether oxygens (including phenoxy) is 1. The van der Waals surface area contributed by atoms with E-state index in [-0.39, 0.29) is 11.5 Å². The van der Waals surface area contributed by atoms with Crippen molar-refractivity contribution in [2.45, 2.75) is 38.2 Å². The Bertz CT molecular complexity index is 1160. The SMILES string of the molecule is Cc1cc2oc(=O)cc(COc3cccc(S(C)(=O)=O)c3)c2cc1C(C)C. The van der Waals surface area contributed by atoms with Crippen molar-refractivity contribution in [3.8, 4) is 5.75 Å². The van der Waals surface area contributed by atoms with Crippen molar-refractivity contribution in [2.24, 2.45) is 0 Å². The molecule has 0 aliphatic carbocycles. The van der Waals surface area contributed by atoms with Gasteiger partial charge in [0.2, 0.25) is 0 Å². The predicted octanol–water partition coefficient (Wildman–Crippen LogP) is 4.21. The largest absolute Gasteiger partial charge is 0.489 e. The van der Waals surface area contributed by atoms with Crippen LogP contribution in [0.15, 0.2) is 56.6 Å². The van der Waals surface area contributed by atoms with Crippen LogP contribution in [0.25, 0.3) is 11.0 Å². The van der Waals surface area contributed by atoms with Gasteiger partial charge in [-0.05, 0) is 54.3 Å². The highest BCUT2D eigenvalue weighted by atomic mass is 32.2. The summed E-state index contributed by atoms with van der Waals surface area (Å²) in [6, 6.07) is 11.6. The van der Waals surface area contributed by atoms with E-state index in [9.17, 15) is 13.2 Å². The second-order valence-electron chi connectivity index (χ2n) is 6.99. The van der Waals surface area contributed by atoms with Crippen molar-refractivity contribution < 1.29 is 17.6 Å². The highest BCUT2D eigenvalue weighted by Gasteiger charge is 2.13. The van der Waals surface area contributed by atoms with Crippen LogP contribution < -0.4 is 10.4 Å². The van der Waals surface area contributed by atoms with E-state index in [0.717, 1.165) is 17.2 Å². The molecule has 5 nitrogen and oxygen atoms in total. The van der Waals surface area contributed by atoms with Crippen LogP contribution in [0.3, 0.4) is 0 Å². The molecule has 3 rings (SSSR count). The van der Waals surface area contributed by atoms with Crippen LogP contribution in [0.2, 0.25) is 0 Å². The van der Waals surface area contributed by atoms with Crippen LogP contribution in [0.5, 0.6) is 5.75 Å². The van der Waals surface area contributed by atoms with Gasteiger partial charge in [-0.1, -0.05) is 19.9 Å². The van der Waals surface area contributed by atoms with Gasteiger partial charge in [-0.3, -0.25) is 0 Å². The minimum absolute atomic E-state index is 0.135. The van der Waals surface area contributed by atoms with Crippen molar-refractivity contribution in [3.05, 3.63) is 69.6 Å². The molecule has 0 amide bonds. The average Bonchev–Trinajstić information content (AvgIpc) is 2.58. The van der Waals surface area contributed by atoms with Crippen LogP contribution in [-0.2, 0) is 16.4 Å². The smallest absolute Gasteiger partial charge is 0.336 e. The van der Waals surface area contributed by atoms with Crippen LogP contribution in [0.1, 0.15) is 36.5 Å². The van der Waals surface area contributed by atoms with Gasteiger partial charge in [0, 0.05) is 23.3 Å². The summed E-state index contributed by atoms with van der Waals surface area (Å²) in [7, 11) is -3.31. The fourth-order valence-electron chi connectivity index (χ4n) is 3.09. The van der Waals surface area contributed by atoms with Gasteiger partial charge in [0.1, 0.15) is 17.9 Å². The minimum Gasteiger partial charge on any atom is -0.489 e. The molecular weight excluding hydrogens is 364 g/mol. The molecule has 0 saturated heterocycles. The van der Waals surface area contributed by atoms with E-state index in [1.807, 2.05) is 19.1 Å². The summed E-state index contributed by atoms with van der Waals surface area (Å²) in [5, 5.41) is 0.822. The molecule has 2 aromatic carbocycles. The van der Waals surface area contributed by atoms with Gasteiger partial charge in [-0.2, -0.15) is 0 Å². The number of aryl methyl sites for hydroxylation is 1. The maximum Gasteiger partial charge on any atom is 0.336 e. The molecule has 0 fully saturated rings. The second kappa shape index (κ2) is 7.19. The Balaban J connectivity index is 2.00. The van der Waals surface area contributed by atoms with Crippen molar-refractivity contribution >= 4 is 20.8 Å². The highest BCUT2D eigenvalue weighted by Crippen LogP contribution is 2.27. The fraction of sp³-hybridized carbons (Fsp3) is 0.286. The molecule has 1 aromatic heterocycles. The summed E-state index contributed by atoms with van der Waals surface area (Å²) >= 11 is 0. The zero-order valence-electron chi connectivity index (χ0n) is 15.8. The van der Waals surface area contributed by atoms with Crippen molar-refractivity contribution in [2.75, 3.05) is 6.26 Å². The lowest BCUT2D eigenvalue weighted by atomic mass is 9.95. The number of hydrogen-bond donors (Lipinski definition) is 0. The van der Waals surface area contributed by atoms with E-state index in [2.05, 4.69) is 13.8 Å². The molecule has 1 heterocycles. The van der Waals surface area contributed by atoms with Crippen LogP contribution in [0, 0.1) is 6.92 Å². The molecule has 27 heavy (non-hydrogen) atoms. The molecule has 0 spiro atoms. The van der Waals surface area contributed by atoms with Crippen molar-refractivity contribution in [1.29, 1.82) is 0 Å². The molecule has 0 aliphatic heterocycles. The quantitative estimate of drug-likeness (QED) is 0.614. The molecule has 0 unspecified atom stereocenters. The van der Waals surface area contributed by atoms with Gasteiger partial charge in [-0.25, -0.2) is 13.2 Å². The molecule has 0 aliphatic rings. The minimum atomic E-state index is -3.31. The number of hydrogen-bond acceptors (Lipinski definition) is 5. The Morgan fingerprint density at radius 1 is 1.11 bits per heavy atom. The summed E-state index contributed by atoms with van der Waals surface area (Å²) in [4.78, 5) is 12.1. The lowest BCUT2D eigenvalue weighted by molar-refractivity contribution is 0.306. The van der Waals surface area contributed by atoms with Crippen molar-refractivity contribution in [1.82, 2.24) is 0 Å². The topological polar surface area (TPSA) is 73.6 Å². The zero-order chi connectivity index (χ0) is 19.8. The Morgan fingerprint density at radius 3 is 2.52 bits per heavy atom. The monoisotopic (exact) mass is 386 g/mol. The van der Waals surface area contributed by atoms with Crippen LogP contribution in [0.4, 0.5) is 0 Å². The van der Waals surface area contributed by atoms with E-state index in [1.165, 1.54) is 23.8 Å². The van der Waals surface area contributed by atoms with Crippen molar-refractivity contribution in [3.63, 3.8) is 0 Å². The predicted molar refractivity (Wildman–Crippen MR) is 105 cm³/mol. The molecule has 0 saturated carbocycles. The number of benzene rings is 2. The normalized spacial score (nSPS) is 11.9. The first-order chi connectivity index (χ1) is 12.6. The van der Waals surface area contributed by atoms with E-state index < -0.39 is 15.5 Å². The molecule has 0 radical (unpaired) electrons. The first-order valence-electron chi connectivity index (χ1n) is 8.65. The van der Waals surface area contributed by atoms with E-state index in [1.54, 1.807) is 12.1 Å². The molecular formula is C21H22O5S. The summed E-state index contributed by atoms with van der Waals surface area (Å²) in [6.45, 7) is 6.35. The Kier molecular flexibility index (Phi) is 5.11. The number of rotatable bonds is 5. The molecule has 0 N–H and O–H groups in total. The number of fused-ring (bicyclic) bond motifs is 1. The highest BCUT2D eigenvalue weighted by molar-refractivity contribution is 7.90. The van der Waals surface area contributed by atoms with Crippen LogP contribution in [-0.4, -0.2) is 14.7 Å². The first kappa shape index (κ1) is 19.2. The fourth-order valence-corrected chi connectivity index (χ4v) is 3.74. The Labute approximate surface area is 158 Å². The third kappa shape index (κ3) is 4.22. The van der Waals surface area contributed by atoms with Gasteiger partial charge in [0.05, 0.1) is 4.90 Å². The Hall–Kier alpha value is -2.60. The van der Waals surface area contributed by atoms with Gasteiger partial charge in [-0.15, -0.1) is 0 Å². The van der Waals surface area contributed by atoms with Gasteiger partial charge in [0.15, 0.2) is 9.84 Å². The zero-order valence-corrected chi connectivity index (χ0v) is 16.6. The van der Waals surface area contributed by atoms with E-state index in [4.69, 9.17) is 9.15 Å². The Morgan fingerprint density at radius 2 is 1.85 bits per heavy atom. The van der Waals surface area contributed by atoms with Gasteiger partial charge in [0.25, 0.3) is 0 Å². The molecule has 6 heteroatoms. The summed E-state index contributed by atoms with van der Waals surface area (Å²) in [6.07, 6.45) is 1.15. The molecule has 0 bridgehead atoms. The molecule has 142 valence electrons. The summed E-state index contributed by atoms with van der Waals surface area (Å²) < 4.78 is 34.5. The van der Waals surface area contributed by atoms with E-state index in [0.29, 0.717) is 22.8 Å². The maximum atomic E-state index is 11.9.